The number of phenols is 1. The third-order valence-electron chi connectivity index (χ3n) is 4.63. The van der Waals surface area contributed by atoms with Crippen molar-refractivity contribution in [1.82, 2.24) is 0 Å². The standard InChI is InChI=1S/C22H17N3O4S/c23-21-11-12-22(19-10-9-18(13-20(19)21)30(27,28)29)25-24-16-5-1-14(2-6-16)15-3-7-17(26)8-4-15/h1-13,26H,23H2,(H,27,28,29)/p-1. The van der Waals surface area contributed by atoms with Crippen molar-refractivity contribution in [1.29, 1.82) is 0 Å². The first kappa shape index (κ1) is 19.6. The summed E-state index contributed by atoms with van der Waals surface area (Å²) in [5, 5.41) is 18.9. The number of azo groups is 1. The van der Waals surface area contributed by atoms with Crippen molar-refractivity contribution in [3.05, 3.63) is 78.9 Å². The Morgan fingerprint density at radius 1 is 0.767 bits per heavy atom. The summed E-state index contributed by atoms with van der Waals surface area (Å²) < 4.78 is 33.8. The van der Waals surface area contributed by atoms with Crippen molar-refractivity contribution < 1.29 is 18.1 Å². The molecule has 0 amide bonds. The van der Waals surface area contributed by atoms with E-state index in [4.69, 9.17) is 5.73 Å². The maximum absolute atomic E-state index is 11.3. The van der Waals surface area contributed by atoms with Crippen LogP contribution in [0.25, 0.3) is 21.9 Å². The minimum Gasteiger partial charge on any atom is -0.744 e. The maximum atomic E-state index is 11.3. The lowest BCUT2D eigenvalue weighted by Crippen LogP contribution is -1.98. The molecule has 4 aromatic rings. The van der Waals surface area contributed by atoms with Gasteiger partial charge in [-0.25, -0.2) is 8.42 Å². The molecule has 8 heteroatoms. The average molecular weight is 418 g/mol. The van der Waals surface area contributed by atoms with Crippen LogP contribution < -0.4 is 5.73 Å². The van der Waals surface area contributed by atoms with Gasteiger partial charge in [0, 0.05) is 16.5 Å². The summed E-state index contributed by atoms with van der Waals surface area (Å²) in [7, 11) is -4.58. The summed E-state index contributed by atoms with van der Waals surface area (Å²) >= 11 is 0. The molecule has 0 aliphatic heterocycles. The number of aromatic hydroxyl groups is 1. The molecule has 0 aliphatic carbocycles. The van der Waals surface area contributed by atoms with Gasteiger partial charge < -0.3 is 15.4 Å². The first-order valence-corrected chi connectivity index (χ1v) is 10.3. The fraction of sp³-hybridized carbons (Fsp3) is 0. The molecule has 0 bridgehead atoms. The Bertz CT molecular complexity index is 1360. The van der Waals surface area contributed by atoms with Gasteiger partial charge in [-0.1, -0.05) is 30.3 Å². The van der Waals surface area contributed by atoms with Crippen LogP contribution in [0.2, 0.25) is 0 Å². The third-order valence-corrected chi connectivity index (χ3v) is 5.46. The Balaban J connectivity index is 1.65. The predicted octanol–water partition coefficient (Wildman–Crippen LogP) is 5.11. The van der Waals surface area contributed by atoms with E-state index in [1.165, 1.54) is 18.2 Å². The van der Waals surface area contributed by atoms with E-state index in [1.54, 1.807) is 24.3 Å². The van der Waals surface area contributed by atoms with Crippen molar-refractivity contribution in [2.24, 2.45) is 10.2 Å². The Hall–Kier alpha value is -3.75. The van der Waals surface area contributed by atoms with E-state index >= 15 is 0 Å². The summed E-state index contributed by atoms with van der Waals surface area (Å²) in [6.07, 6.45) is 0. The van der Waals surface area contributed by atoms with E-state index in [-0.39, 0.29) is 10.6 Å². The zero-order valence-corrected chi connectivity index (χ0v) is 16.4. The van der Waals surface area contributed by atoms with Crippen molar-refractivity contribution in [2.45, 2.75) is 4.90 Å². The van der Waals surface area contributed by atoms with Gasteiger partial charge in [0.25, 0.3) is 0 Å². The lowest BCUT2D eigenvalue weighted by Gasteiger charge is -2.10. The summed E-state index contributed by atoms with van der Waals surface area (Å²) in [5.74, 6) is 0.208. The summed E-state index contributed by atoms with van der Waals surface area (Å²) in [6.45, 7) is 0. The first-order valence-electron chi connectivity index (χ1n) is 8.91. The molecule has 0 saturated carbocycles. The molecule has 0 atom stereocenters. The molecular formula is C22H16N3O4S-. The molecule has 0 aliphatic rings. The SMILES string of the molecule is Nc1ccc(N=Nc2ccc(-c3ccc(O)cc3)cc2)c2ccc(S(=O)(=O)[O-])cc12. The molecule has 0 aromatic heterocycles. The molecule has 7 nitrogen and oxygen atoms in total. The van der Waals surface area contributed by atoms with Crippen molar-refractivity contribution in [2.75, 3.05) is 5.73 Å². The topological polar surface area (TPSA) is 128 Å². The number of benzene rings is 4. The second kappa shape index (κ2) is 7.58. The monoisotopic (exact) mass is 418 g/mol. The van der Waals surface area contributed by atoms with Gasteiger partial charge in [-0.3, -0.25) is 0 Å². The zero-order valence-electron chi connectivity index (χ0n) is 15.6. The summed E-state index contributed by atoms with van der Waals surface area (Å²) in [6, 6.07) is 21.6. The predicted molar refractivity (Wildman–Crippen MR) is 114 cm³/mol. The van der Waals surface area contributed by atoms with E-state index in [9.17, 15) is 18.1 Å². The molecule has 0 heterocycles. The van der Waals surface area contributed by atoms with Gasteiger partial charge in [-0.2, -0.15) is 5.11 Å². The van der Waals surface area contributed by atoms with Crippen LogP contribution in [0.3, 0.4) is 0 Å². The van der Waals surface area contributed by atoms with Crippen molar-refractivity contribution in [3.63, 3.8) is 0 Å². The second-order valence-corrected chi connectivity index (χ2v) is 8.01. The van der Waals surface area contributed by atoms with Crippen LogP contribution in [0.15, 0.2) is 94.0 Å². The lowest BCUT2D eigenvalue weighted by molar-refractivity contribution is 0.463. The number of nitrogens with zero attached hydrogens (tertiary/aromatic N) is 2. The molecule has 4 rings (SSSR count). The van der Waals surface area contributed by atoms with Gasteiger partial charge in [0.05, 0.1) is 16.3 Å². The Kier molecular flexibility index (Phi) is 4.94. The third kappa shape index (κ3) is 4.00. The van der Waals surface area contributed by atoms with Crippen LogP contribution in [0, 0.1) is 0 Å². The highest BCUT2D eigenvalue weighted by molar-refractivity contribution is 7.85. The highest BCUT2D eigenvalue weighted by Crippen LogP contribution is 2.33. The summed E-state index contributed by atoms with van der Waals surface area (Å²) in [5.41, 5.74) is 9.34. The molecule has 0 unspecified atom stereocenters. The molecule has 150 valence electrons. The van der Waals surface area contributed by atoms with Crippen molar-refractivity contribution >= 4 is 38.0 Å². The van der Waals surface area contributed by atoms with E-state index in [2.05, 4.69) is 10.2 Å². The molecule has 30 heavy (non-hydrogen) atoms. The van der Waals surface area contributed by atoms with Crippen LogP contribution in [-0.4, -0.2) is 18.1 Å². The number of rotatable bonds is 4. The number of phenolic OH excluding ortho intramolecular Hbond substituents is 1. The Morgan fingerprint density at radius 2 is 1.40 bits per heavy atom. The molecule has 3 N–H and O–H groups in total. The van der Waals surface area contributed by atoms with Gasteiger partial charge >= 0.3 is 0 Å². The van der Waals surface area contributed by atoms with E-state index in [0.717, 1.165) is 11.1 Å². The van der Waals surface area contributed by atoms with Gasteiger partial charge in [0.2, 0.25) is 0 Å². The first-order chi connectivity index (χ1) is 14.3. The van der Waals surface area contributed by atoms with Crippen LogP contribution in [0.5, 0.6) is 5.75 Å². The van der Waals surface area contributed by atoms with Crippen LogP contribution in [-0.2, 0) is 10.1 Å². The largest absolute Gasteiger partial charge is 0.744 e. The Labute approximate surface area is 172 Å². The molecule has 0 fully saturated rings. The number of hydrogen-bond donors (Lipinski definition) is 2. The van der Waals surface area contributed by atoms with E-state index in [1.807, 2.05) is 36.4 Å². The molecule has 0 saturated heterocycles. The molecule has 0 radical (unpaired) electrons. The van der Waals surface area contributed by atoms with Crippen LogP contribution >= 0.6 is 0 Å². The molecule has 4 aromatic carbocycles. The molecule has 0 spiro atoms. The number of hydrogen-bond acceptors (Lipinski definition) is 7. The van der Waals surface area contributed by atoms with Gasteiger partial charge in [-0.05, 0) is 59.7 Å². The van der Waals surface area contributed by atoms with Gasteiger partial charge in [0.1, 0.15) is 15.9 Å². The van der Waals surface area contributed by atoms with Gasteiger partial charge in [0.15, 0.2) is 0 Å². The van der Waals surface area contributed by atoms with E-state index in [0.29, 0.717) is 27.8 Å². The smallest absolute Gasteiger partial charge is 0.124 e. The fourth-order valence-corrected chi connectivity index (χ4v) is 3.56. The second-order valence-electron chi connectivity index (χ2n) is 6.63. The highest BCUT2D eigenvalue weighted by Gasteiger charge is 2.08. The minimum absolute atomic E-state index is 0.208. The number of fused-ring (bicyclic) bond motifs is 1. The molecular weight excluding hydrogens is 402 g/mol. The van der Waals surface area contributed by atoms with Crippen LogP contribution in [0.1, 0.15) is 0 Å². The number of nitrogen functional groups attached to an aromatic ring is 1. The number of nitrogens with two attached hydrogens (primary N) is 1. The van der Waals surface area contributed by atoms with E-state index < -0.39 is 10.1 Å². The lowest BCUT2D eigenvalue weighted by atomic mass is 10.1. The zero-order chi connectivity index (χ0) is 21.3. The minimum atomic E-state index is -4.58. The fourth-order valence-electron chi connectivity index (χ4n) is 3.06. The highest BCUT2D eigenvalue weighted by atomic mass is 32.2. The van der Waals surface area contributed by atoms with Crippen LogP contribution in [0.4, 0.5) is 17.1 Å². The number of anilines is 1. The Morgan fingerprint density at radius 3 is 2.03 bits per heavy atom. The van der Waals surface area contributed by atoms with Crippen molar-refractivity contribution in [3.8, 4) is 16.9 Å². The van der Waals surface area contributed by atoms with Gasteiger partial charge in [-0.15, -0.1) is 5.11 Å². The maximum Gasteiger partial charge on any atom is 0.124 e. The normalized spacial score (nSPS) is 11.9. The average Bonchev–Trinajstić information content (AvgIpc) is 2.73. The quantitative estimate of drug-likeness (QED) is 0.270. The summed E-state index contributed by atoms with van der Waals surface area (Å²) in [4.78, 5) is -0.347.